The Labute approximate surface area is 132 Å². The third-order valence-electron chi connectivity index (χ3n) is 4.06. The Morgan fingerprint density at radius 2 is 2.00 bits per heavy atom. The number of anilines is 1. The van der Waals surface area contributed by atoms with Crippen molar-refractivity contribution in [2.24, 2.45) is 0 Å². The predicted octanol–water partition coefficient (Wildman–Crippen LogP) is 3.47. The lowest BCUT2D eigenvalue weighted by atomic mass is 9.83. The number of rotatable bonds is 6. The van der Waals surface area contributed by atoms with Gasteiger partial charge in [0.15, 0.2) is 0 Å². The quantitative estimate of drug-likeness (QED) is 0.874. The molecule has 22 heavy (non-hydrogen) atoms. The van der Waals surface area contributed by atoms with Gasteiger partial charge < -0.3 is 14.8 Å². The topological polar surface area (TPSA) is 60.5 Å². The smallest absolute Gasteiger partial charge is 0.256 e. The Hall–Kier alpha value is -1.62. The maximum absolute atomic E-state index is 12.7. The lowest BCUT2D eigenvalue weighted by molar-refractivity contribution is -0.145. The minimum atomic E-state index is -0.681. The van der Waals surface area contributed by atoms with Crippen molar-refractivity contribution < 1.29 is 14.3 Å². The van der Waals surface area contributed by atoms with Crippen LogP contribution in [0.4, 0.5) is 5.69 Å². The molecule has 1 aromatic heterocycles. The first-order valence-electron chi connectivity index (χ1n) is 8.16. The van der Waals surface area contributed by atoms with Gasteiger partial charge in [-0.1, -0.05) is 19.3 Å². The molecule has 0 saturated heterocycles. The van der Waals surface area contributed by atoms with Gasteiger partial charge in [0, 0.05) is 12.2 Å². The molecule has 0 aromatic carbocycles. The first-order chi connectivity index (χ1) is 10.6. The van der Waals surface area contributed by atoms with E-state index in [0.717, 1.165) is 31.2 Å². The standard InChI is InChI=1S/C17H26N2O3/c1-4-21-15-13(3)11-14(12-18-15)19-16(20)17(22-5-2)9-7-6-8-10-17/h11-12H,4-10H2,1-3H3,(H,19,20). The average Bonchev–Trinajstić information content (AvgIpc) is 2.51. The first-order valence-corrected chi connectivity index (χ1v) is 8.16. The van der Waals surface area contributed by atoms with Gasteiger partial charge in [-0.05, 0) is 39.7 Å². The molecule has 0 atom stereocenters. The van der Waals surface area contributed by atoms with Crippen LogP contribution in [-0.4, -0.2) is 29.7 Å². The number of amides is 1. The molecule has 1 aliphatic carbocycles. The summed E-state index contributed by atoms with van der Waals surface area (Å²) in [5.41, 5.74) is 0.920. The van der Waals surface area contributed by atoms with Gasteiger partial charge in [-0.15, -0.1) is 0 Å². The normalized spacial score (nSPS) is 17.0. The van der Waals surface area contributed by atoms with E-state index in [-0.39, 0.29) is 5.91 Å². The molecule has 2 rings (SSSR count). The zero-order chi connectivity index (χ0) is 16.0. The van der Waals surface area contributed by atoms with E-state index in [1.54, 1.807) is 6.20 Å². The molecule has 122 valence electrons. The van der Waals surface area contributed by atoms with Crippen LogP contribution in [-0.2, 0) is 9.53 Å². The molecule has 5 heteroatoms. The van der Waals surface area contributed by atoms with E-state index in [1.807, 2.05) is 26.8 Å². The number of aromatic nitrogens is 1. The molecule has 0 unspecified atom stereocenters. The van der Waals surface area contributed by atoms with E-state index in [0.29, 0.717) is 24.8 Å². The molecular weight excluding hydrogens is 280 g/mol. The second-order valence-electron chi connectivity index (χ2n) is 5.72. The fourth-order valence-corrected chi connectivity index (χ4v) is 3.00. The molecule has 0 bridgehead atoms. The van der Waals surface area contributed by atoms with Crippen LogP contribution in [0, 0.1) is 6.92 Å². The number of carbonyl (C=O) groups is 1. The Bertz CT molecular complexity index is 505. The van der Waals surface area contributed by atoms with Crippen molar-refractivity contribution in [3.63, 3.8) is 0 Å². The molecule has 1 N–H and O–H groups in total. The summed E-state index contributed by atoms with van der Waals surface area (Å²) in [4.78, 5) is 17.0. The van der Waals surface area contributed by atoms with Crippen molar-refractivity contribution in [1.82, 2.24) is 4.98 Å². The maximum Gasteiger partial charge on any atom is 0.256 e. The largest absolute Gasteiger partial charge is 0.478 e. The minimum Gasteiger partial charge on any atom is -0.478 e. The molecule has 0 aliphatic heterocycles. The number of aryl methyl sites for hydroxylation is 1. The van der Waals surface area contributed by atoms with Gasteiger partial charge >= 0.3 is 0 Å². The molecule has 1 heterocycles. The molecule has 1 saturated carbocycles. The number of carbonyl (C=O) groups excluding carboxylic acids is 1. The van der Waals surface area contributed by atoms with Gasteiger partial charge in [0.05, 0.1) is 18.5 Å². The van der Waals surface area contributed by atoms with Crippen molar-refractivity contribution in [1.29, 1.82) is 0 Å². The van der Waals surface area contributed by atoms with Gasteiger partial charge in [0.25, 0.3) is 5.91 Å². The fourth-order valence-electron chi connectivity index (χ4n) is 3.00. The zero-order valence-corrected chi connectivity index (χ0v) is 13.8. The number of pyridine rings is 1. The van der Waals surface area contributed by atoms with Crippen LogP contribution in [0.3, 0.4) is 0 Å². The summed E-state index contributed by atoms with van der Waals surface area (Å²) in [6.07, 6.45) is 6.46. The van der Waals surface area contributed by atoms with Gasteiger partial charge in [0.1, 0.15) is 5.60 Å². The Kier molecular flexibility index (Phi) is 5.77. The van der Waals surface area contributed by atoms with E-state index in [9.17, 15) is 4.79 Å². The zero-order valence-electron chi connectivity index (χ0n) is 13.8. The highest BCUT2D eigenvalue weighted by atomic mass is 16.5. The molecule has 1 aromatic rings. The molecule has 0 spiro atoms. The number of nitrogens with zero attached hydrogens (tertiary/aromatic N) is 1. The number of hydrogen-bond donors (Lipinski definition) is 1. The van der Waals surface area contributed by atoms with Crippen molar-refractivity contribution in [3.05, 3.63) is 17.8 Å². The van der Waals surface area contributed by atoms with Crippen molar-refractivity contribution in [2.45, 2.75) is 58.5 Å². The van der Waals surface area contributed by atoms with Crippen LogP contribution in [0.5, 0.6) is 5.88 Å². The van der Waals surface area contributed by atoms with E-state index in [4.69, 9.17) is 9.47 Å². The summed E-state index contributed by atoms with van der Waals surface area (Å²) < 4.78 is 11.3. The molecule has 1 fully saturated rings. The van der Waals surface area contributed by atoms with Gasteiger partial charge in [-0.2, -0.15) is 0 Å². The third-order valence-corrected chi connectivity index (χ3v) is 4.06. The predicted molar refractivity (Wildman–Crippen MR) is 86.2 cm³/mol. The Balaban J connectivity index is 2.11. The highest BCUT2D eigenvalue weighted by Crippen LogP contribution is 2.33. The summed E-state index contributed by atoms with van der Waals surface area (Å²) in [6, 6.07) is 1.89. The number of ether oxygens (including phenoxy) is 2. The van der Waals surface area contributed by atoms with Crippen LogP contribution in [0.2, 0.25) is 0 Å². The summed E-state index contributed by atoms with van der Waals surface area (Å²) in [7, 11) is 0. The summed E-state index contributed by atoms with van der Waals surface area (Å²) in [5, 5.41) is 2.97. The lowest BCUT2D eigenvalue weighted by Crippen LogP contribution is -2.47. The van der Waals surface area contributed by atoms with Crippen LogP contribution < -0.4 is 10.1 Å². The van der Waals surface area contributed by atoms with Crippen LogP contribution >= 0.6 is 0 Å². The van der Waals surface area contributed by atoms with Crippen LogP contribution in [0.1, 0.15) is 51.5 Å². The molecule has 1 aliphatic rings. The molecular formula is C17H26N2O3. The van der Waals surface area contributed by atoms with Crippen molar-refractivity contribution in [2.75, 3.05) is 18.5 Å². The molecule has 1 amide bonds. The SMILES string of the molecule is CCOc1ncc(NC(=O)C2(OCC)CCCCC2)cc1C. The lowest BCUT2D eigenvalue weighted by Gasteiger charge is -2.35. The molecule has 5 nitrogen and oxygen atoms in total. The second kappa shape index (κ2) is 7.58. The summed E-state index contributed by atoms with van der Waals surface area (Å²) in [6.45, 7) is 6.91. The summed E-state index contributed by atoms with van der Waals surface area (Å²) in [5.74, 6) is 0.553. The van der Waals surface area contributed by atoms with Crippen molar-refractivity contribution in [3.8, 4) is 5.88 Å². The van der Waals surface area contributed by atoms with Gasteiger partial charge in [-0.25, -0.2) is 4.98 Å². The number of hydrogen-bond acceptors (Lipinski definition) is 4. The van der Waals surface area contributed by atoms with Gasteiger partial charge in [0.2, 0.25) is 5.88 Å². The fraction of sp³-hybridized carbons (Fsp3) is 0.647. The first kappa shape index (κ1) is 16.7. The molecule has 0 radical (unpaired) electrons. The maximum atomic E-state index is 12.7. The second-order valence-corrected chi connectivity index (χ2v) is 5.72. The Morgan fingerprint density at radius 1 is 1.27 bits per heavy atom. The van der Waals surface area contributed by atoms with E-state index < -0.39 is 5.60 Å². The summed E-state index contributed by atoms with van der Waals surface area (Å²) >= 11 is 0. The van der Waals surface area contributed by atoms with E-state index in [1.165, 1.54) is 6.42 Å². The highest BCUT2D eigenvalue weighted by molar-refractivity contribution is 5.97. The minimum absolute atomic E-state index is 0.0561. The number of nitrogens with one attached hydrogen (secondary N) is 1. The Morgan fingerprint density at radius 3 is 2.59 bits per heavy atom. The third kappa shape index (κ3) is 3.77. The van der Waals surface area contributed by atoms with E-state index in [2.05, 4.69) is 10.3 Å². The average molecular weight is 306 g/mol. The van der Waals surface area contributed by atoms with E-state index >= 15 is 0 Å². The van der Waals surface area contributed by atoms with Crippen LogP contribution in [0.25, 0.3) is 0 Å². The van der Waals surface area contributed by atoms with Gasteiger partial charge in [-0.3, -0.25) is 4.79 Å². The van der Waals surface area contributed by atoms with Crippen molar-refractivity contribution >= 4 is 11.6 Å². The van der Waals surface area contributed by atoms with Crippen LogP contribution in [0.15, 0.2) is 12.3 Å². The highest BCUT2D eigenvalue weighted by Gasteiger charge is 2.40. The monoisotopic (exact) mass is 306 g/mol.